The SMILES string of the molecule is Cc1ccc(CC(=O)N(Cc2cccc(Br)c2)[C@H](C)C(=O)NC(C)C)cc1. The molecule has 1 N–H and O–H groups in total. The highest BCUT2D eigenvalue weighted by Crippen LogP contribution is 2.17. The quantitative estimate of drug-likeness (QED) is 0.713. The van der Waals surface area contributed by atoms with E-state index in [4.69, 9.17) is 0 Å². The molecule has 0 saturated heterocycles. The van der Waals surface area contributed by atoms with Crippen molar-refractivity contribution in [3.63, 3.8) is 0 Å². The minimum Gasteiger partial charge on any atom is -0.352 e. The van der Waals surface area contributed by atoms with Gasteiger partial charge in [0.2, 0.25) is 11.8 Å². The molecule has 0 saturated carbocycles. The van der Waals surface area contributed by atoms with Gasteiger partial charge in [0.05, 0.1) is 6.42 Å². The number of rotatable bonds is 7. The van der Waals surface area contributed by atoms with Crippen molar-refractivity contribution in [3.05, 3.63) is 69.7 Å². The molecule has 0 heterocycles. The summed E-state index contributed by atoms with van der Waals surface area (Å²) >= 11 is 3.47. The minimum atomic E-state index is -0.552. The zero-order chi connectivity index (χ0) is 20.0. The van der Waals surface area contributed by atoms with E-state index in [1.165, 1.54) is 0 Å². The molecule has 0 bridgehead atoms. The van der Waals surface area contributed by atoms with Crippen molar-refractivity contribution in [2.75, 3.05) is 0 Å². The number of aryl methyl sites for hydroxylation is 1. The normalized spacial score (nSPS) is 11.9. The van der Waals surface area contributed by atoms with Gasteiger partial charge in [-0.05, 0) is 51.0 Å². The lowest BCUT2D eigenvalue weighted by Crippen LogP contribution is -2.49. The maximum absolute atomic E-state index is 13.1. The molecule has 2 aromatic rings. The van der Waals surface area contributed by atoms with Gasteiger partial charge in [-0.1, -0.05) is 57.9 Å². The van der Waals surface area contributed by atoms with Crippen LogP contribution in [0.5, 0.6) is 0 Å². The van der Waals surface area contributed by atoms with Crippen molar-refractivity contribution in [2.45, 2.75) is 52.7 Å². The molecule has 2 rings (SSSR count). The highest BCUT2D eigenvalue weighted by molar-refractivity contribution is 9.10. The summed E-state index contributed by atoms with van der Waals surface area (Å²) in [6.45, 7) is 8.01. The first kappa shape index (κ1) is 21.2. The highest BCUT2D eigenvalue weighted by Gasteiger charge is 2.26. The van der Waals surface area contributed by atoms with Crippen LogP contribution in [0.15, 0.2) is 53.0 Å². The van der Waals surface area contributed by atoms with Crippen LogP contribution < -0.4 is 5.32 Å². The summed E-state index contributed by atoms with van der Waals surface area (Å²) in [4.78, 5) is 27.2. The van der Waals surface area contributed by atoms with Crippen LogP contribution in [0.4, 0.5) is 0 Å². The fourth-order valence-corrected chi connectivity index (χ4v) is 3.25. The van der Waals surface area contributed by atoms with E-state index in [9.17, 15) is 9.59 Å². The second-order valence-corrected chi connectivity index (χ2v) is 8.07. The molecule has 144 valence electrons. The van der Waals surface area contributed by atoms with Gasteiger partial charge < -0.3 is 10.2 Å². The Labute approximate surface area is 170 Å². The maximum Gasteiger partial charge on any atom is 0.242 e. The average molecular weight is 431 g/mol. The third-order valence-electron chi connectivity index (χ3n) is 4.32. The van der Waals surface area contributed by atoms with Gasteiger partial charge in [-0.3, -0.25) is 9.59 Å². The molecule has 0 aliphatic carbocycles. The van der Waals surface area contributed by atoms with Crippen LogP contribution in [-0.4, -0.2) is 28.8 Å². The first-order chi connectivity index (χ1) is 12.8. The van der Waals surface area contributed by atoms with Crippen LogP contribution in [0.2, 0.25) is 0 Å². The second-order valence-electron chi connectivity index (χ2n) is 7.15. The summed E-state index contributed by atoms with van der Waals surface area (Å²) in [5.41, 5.74) is 3.08. The Morgan fingerprint density at radius 3 is 2.30 bits per heavy atom. The molecule has 0 aliphatic rings. The van der Waals surface area contributed by atoms with Gasteiger partial charge in [0.1, 0.15) is 6.04 Å². The molecule has 0 radical (unpaired) electrons. The fraction of sp³-hybridized carbons (Fsp3) is 0.364. The molecule has 0 spiro atoms. The van der Waals surface area contributed by atoms with Crippen LogP contribution >= 0.6 is 15.9 Å². The van der Waals surface area contributed by atoms with Gasteiger partial charge in [-0.25, -0.2) is 0 Å². The van der Waals surface area contributed by atoms with Gasteiger partial charge >= 0.3 is 0 Å². The minimum absolute atomic E-state index is 0.0277. The number of carbonyl (C=O) groups is 2. The van der Waals surface area contributed by atoms with Crippen LogP contribution in [0.25, 0.3) is 0 Å². The fourth-order valence-electron chi connectivity index (χ4n) is 2.80. The molecule has 4 nitrogen and oxygen atoms in total. The molecule has 0 aromatic heterocycles. The van der Waals surface area contributed by atoms with Crippen molar-refractivity contribution in [2.24, 2.45) is 0 Å². The standard InChI is InChI=1S/C22H27BrN2O2/c1-15(2)24-22(27)17(4)25(14-19-6-5-7-20(23)12-19)21(26)13-18-10-8-16(3)9-11-18/h5-12,15,17H,13-14H2,1-4H3,(H,24,27)/t17-/m1/s1. The Balaban J connectivity index is 2.22. The summed E-state index contributed by atoms with van der Waals surface area (Å²) in [6.07, 6.45) is 0.271. The number of amides is 2. The number of halogens is 1. The van der Waals surface area contributed by atoms with E-state index in [0.29, 0.717) is 6.54 Å². The largest absolute Gasteiger partial charge is 0.352 e. The number of nitrogens with zero attached hydrogens (tertiary/aromatic N) is 1. The molecule has 0 unspecified atom stereocenters. The smallest absolute Gasteiger partial charge is 0.242 e. The summed E-state index contributed by atoms with van der Waals surface area (Å²) in [5.74, 6) is -0.206. The lowest BCUT2D eigenvalue weighted by molar-refractivity contribution is -0.140. The number of benzene rings is 2. The lowest BCUT2D eigenvalue weighted by Gasteiger charge is -2.29. The molecule has 2 amide bonds. The van der Waals surface area contributed by atoms with Gasteiger partial charge in [0.15, 0.2) is 0 Å². The monoisotopic (exact) mass is 430 g/mol. The molecule has 0 aliphatic heterocycles. The Morgan fingerprint density at radius 1 is 1.04 bits per heavy atom. The zero-order valence-corrected chi connectivity index (χ0v) is 17.9. The molecule has 5 heteroatoms. The Kier molecular flexibility index (Phi) is 7.60. The predicted molar refractivity (Wildman–Crippen MR) is 112 cm³/mol. The van der Waals surface area contributed by atoms with Crippen LogP contribution in [0, 0.1) is 6.92 Å². The summed E-state index contributed by atoms with van der Waals surface area (Å²) in [7, 11) is 0. The van der Waals surface area contributed by atoms with Crippen molar-refractivity contribution in [3.8, 4) is 0 Å². The third-order valence-corrected chi connectivity index (χ3v) is 4.81. The van der Waals surface area contributed by atoms with Crippen LogP contribution in [0.1, 0.15) is 37.5 Å². The molecular weight excluding hydrogens is 404 g/mol. The van der Waals surface area contributed by atoms with E-state index in [1.54, 1.807) is 11.8 Å². The highest BCUT2D eigenvalue weighted by atomic mass is 79.9. The molecule has 0 fully saturated rings. The van der Waals surface area contributed by atoms with Crippen molar-refractivity contribution >= 4 is 27.7 Å². The van der Waals surface area contributed by atoms with E-state index in [1.807, 2.05) is 69.3 Å². The first-order valence-corrected chi connectivity index (χ1v) is 9.95. The third kappa shape index (κ3) is 6.51. The summed E-state index contributed by atoms with van der Waals surface area (Å²) in [6, 6.07) is 15.2. The van der Waals surface area contributed by atoms with E-state index in [2.05, 4.69) is 21.2 Å². The Hall–Kier alpha value is -2.14. The number of hydrogen-bond donors (Lipinski definition) is 1. The molecule has 1 atom stereocenters. The molecular formula is C22H27BrN2O2. The number of hydrogen-bond acceptors (Lipinski definition) is 2. The number of nitrogens with one attached hydrogen (secondary N) is 1. The average Bonchev–Trinajstić information content (AvgIpc) is 2.60. The first-order valence-electron chi connectivity index (χ1n) is 9.16. The number of carbonyl (C=O) groups excluding carboxylic acids is 2. The lowest BCUT2D eigenvalue weighted by atomic mass is 10.1. The Bertz CT molecular complexity index is 787. The van der Waals surface area contributed by atoms with Crippen molar-refractivity contribution in [1.82, 2.24) is 10.2 Å². The van der Waals surface area contributed by atoms with Crippen molar-refractivity contribution in [1.29, 1.82) is 0 Å². The molecule has 27 heavy (non-hydrogen) atoms. The van der Waals surface area contributed by atoms with Crippen LogP contribution in [-0.2, 0) is 22.6 Å². The molecule has 2 aromatic carbocycles. The maximum atomic E-state index is 13.1. The van der Waals surface area contributed by atoms with Gasteiger partial charge in [-0.15, -0.1) is 0 Å². The van der Waals surface area contributed by atoms with E-state index < -0.39 is 6.04 Å². The second kappa shape index (κ2) is 9.70. The van der Waals surface area contributed by atoms with Crippen molar-refractivity contribution < 1.29 is 9.59 Å². The zero-order valence-electron chi connectivity index (χ0n) is 16.3. The van der Waals surface area contributed by atoms with Gasteiger partial charge in [-0.2, -0.15) is 0 Å². The van der Waals surface area contributed by atoms with E-state index >= 15 is 0 Å². The Morgan fingerprint density at radius 2 is 1.70 bits per heavy atom. The topological polar surface area (TPSA) is 49.4 Å². The van der Waals surface area contributed by atoms with Crippen LogP contribution in [0.3, 0.4) is 0 Å². The van der Waals surface area contributed by atoms with E-state index in [-0.39, 0.29) is 24.3 Å². The van der Waals surface area contributed by atoms with E-state index in [0.717, 1.165) is 21.2 Å². The summed E-state index contributed by atoms with van der Waals surface area (Å²) < 4.78 is 0.949. The van der Waals surface area contributed by atoms with Gasteiger partial charge in [0.25, 0.3) is 0 Å². The summed E-state index contributed by atoms with van der Waals surface area (Å²) in [5, 5.41) is 2.90. The van der Waals surface area contributed by atoms with Gasteiger partial charge in [0, 0.05) is 17.1 Å². The predicted octanol–water partition coefficient (Wildman–Crippen LogP) is 4.24.